The van der Waals surface area contributed by atoms with Gasteiger partial charge in [-0.3, -0.25) is 0 Å². The number of nitrogens with two attached hydrogens (primary N) is 1. The number of hydrogen-bond donors (Lipinski definition) is 1. The summed E-state index contributed by atoms with van der Waals surface area (Å²) in [7, 11) is -2.77. The smallest absolute Gasteiger partial charge is 0.150 e. The topological polar surface area (TPSA) is 60.2 Å². The molecule has 0 aromatic carbocycles. The van der Waals surface area contributed by atoms with Crippen LogP contribution in [0.4, 0.5) is 0 Å². The van der Waals surface area contributed by atoms with Gasteiger partial charge in [0, 0.05) is 6.04 Å². The molecule has 0 bridgehead atoms. The van der Waals surface area contributed by atoms with Crippen LogP contribution in [-0.4, -0.2) is 26.0 Å². The first-order valence-electron chi connectivity index (χ1n) is 5.53. The largest absolute Gasteiger partial charge is 0.327 e. The van der Waals surface area contributed by atoms with Crippen molar-refractivity contribution in [3.63, 3.8) is 0 Å². The van der Waals surface area contributed by atoms with Crippen molar-refractivity contribution in [2.75, 3.05) is 11.5 Å². The Hall–Kier alpha value is -0.0900. The van der Waals surface area contributed by atoms with Gasteiger partial charge >= 0.3 is 0 Å². The van der Waals surface area contributed by atoms with Gasteiger partial charge in [-0.15, -0.1) is 0 Å². The van der Waals surface area contributed by atoms with E-state index in [1.54, 1.807) is 0 Å². The lowest BCUT2D eigenvalue weighted by Gasteiger charge is -2.34. The van der Waals surface area contributed by atoms with Crippen LogP contribution in [0.1, 0.15) is 32.1 Å². The molecule has 2 N–H and O–H groups in total. The van der Waals surface area contributed by atoms with Gasteiger partial charge in [-0.25, -0.2) is 8.42 Å². The molecule has 0 aromatic heterocycles. The fourth-order valence-electron chi connectivity index (χ4n) is 2.48. The third kappa shape index (κ3) is 2.28. The molecule has 3 nitrogen and oxygen atoms in total. The predicted octanol–water partition coefficient (Wildman–Crippen LogP) is 0.939. The van der Waals surface area contributed by atoms with Crippen molar-refractivity contribution in [3.8, 4) is 0 Å². The van der Waals surface area contributed by atoms with Gasteiger partial charge < -0.3 is 5.73 Å². The Morgan fingerprint density at radius 1 is 1.21 bits per heavy atom. The van der Waals surface area contributed by atoms with Crippen LogP contribution in [0.2, 0.25) is 0 Å². The Bertz CT molecular complexity index is 295. The summed E-state index contributed by atoms with van der Waals surface area (Å²) < 4.78 is 22.9. The van der Waals surface area contributed by atoms with E-state index in [2.05, 4.69) is 0 Å². The highest BCUT2D eigenvalue weighted by molar-refractivity contribution is 7.91. The maximum absolute atomic E-state index is 11.4. The summed E-state index contributed by atoms with van der Waals surface area (Å²) in [5.74, 6) is 1.64. The highest BCUT2D eigenvalue weighted by Gasteiger charge is 2.33. The third-order valence-corrected chi connectivity index (χ3v) is 5.49. The fourth-order valence-corrected chi connectivity index (χ4v) is 4.32. The average molecular weight is 217 g/mol. The van der Waals surface area contributed by atoms with Crippen LogP contribution in [0.5, 0.6) is 0 Å². The quantitative estimate of drug-likeness (QED) is 0.749. The highest BCUT2D eigenvalue weighted by Crippen LogP contribution is 2.35. The van der Waals surface area contributed by atoms with E-state index in [4.69, 9.17) is 5.73 Å². The number of hydrogen-bond acceptors (Lipinski definition) is 3. The first-order valence-corrected chi connectivity index (χ1v) is 7.35. The van der Waals surface area contributed by atoms with Gasteiger partial charge in [-0.05, 0) is 24.7 Å². The van der Waals surface area contributed by atoms with Crippen LogP contribution >= 0.6 is 0 Å². The summed E-state index contributed by atoms with van der Waals surface area (Å²) in [6.07, 6.45) is 5.59. The van der Waals surface area contributed by atoms with E-state index in [0.29, 0.717) is 17.9 Å². The minimum Gasteiger partial charge on any atom is -0.327 e. The van der Waals surface area contributed by atoms with E-state index in [-0.39, 0.29) is 12.0 Å². The minimum atomic E-state index is -2.77. The summed E-state index contributed by atoms with van der Waals surface area (Å²) >= 11 is 0. The van der Waals surface area contributed by atoms with Crippen molar-refractivity contribution >= 4 is 9.84 Å². The van der Waals surface area contributed by atoms with Crippen molar-refractivity contribution in [1.82, 2.24) is 0 Å². The lowest BCUT2D eigenvalue weighted by Crippen LogP contribution is -2.43. The molecule has 4 heteroatoms. The van der Waals surface area contributed by atoms with Crippen LogP contribution in [0, 0.1) is 11.8 Å². The highest BCUT2D eigenvalue weighted by atomic mass is 32.2. The lowest BCUT2D eigenvalue weighted by atomic mass is 9.77. The van der Waals surface area contributed by atoms with E-state index in [1.165, 1.54) is 19.3 Å². The minimum absolute atomic E-state index is 0.124. The molecule has 14 heavy (non-hydrogen) atoms. The van der Waals surface area contributed by atoms with E-state index >= 15 is 0 Å². The van der Waals surface area contributed by atoms with Gasteiger partial charge in [-0.2, -0.15) is 0 Å². The van der Waals surface area contributed by atoms with Crippen LogP contribution in [-0.2, 0) is 9.84 Å². The Kier molecular flexibility index (Phi) is 2.84. The van der Waals surface area contributed by atoms with E-state index in [1.807, 2.05) is 0 Å². The van der Waals surface area contributed by atoms with Crippen LogP contribution in [0.15, 0.2) is 0 Å². The molecule has 0 amide bonds. The van der Waals surface area contributed by atoms with Crippen molar-refractivity contribution in [3.05, 3.63) is 0 Å². The SMILES string of the molecule is NC1CCS(=O)(=O)CC1CC1CCC1. The monoisotopic (exact) mass is 217 g/mol. The maximum atomic E-state index is 11.4. The van der Waals surface area contributed by atoms with E-state index in [0.717, 1.165) is 12.3 Å². The van der Waals surface area contributed by atoms with Crippen LogP contribution in [0.25, 0.3) is 0 Å². The fraction of sp³-hybridized carbons (Fsp3) is 1.00. The molecular weight excluding hydrogens is 198 g/mol. The Labute approximate surface area is 86.0 Å². The lowest BCUT2D eigenvalue weighted by molar-refractivity contribution is 0.235. The zero-order chi connectivity index (χ0) is 10.2. The summed E-state index contributed by atoms with van der Waals surface area (Å²) in [5, 5.41) is 0. The molecule has 0 radical (unpaired) electrons. The summed E-state index contributed by atoms with van der Waals surface area (Å²) in [6.45, 7) is 0. The van der Waals surface area contributed by atoms with Crippen LogP contribution in [0.3, 0.4) is 0 Å². The molecule has 2 unspecified atom stereocenters. The van der Waals surface area contributed by atoms with E-state index < -0.39 is 9.84 Å². The molecule has 0 spiro atoms. The van der Waals surface area contributed by atoms with Gasteiger partial charge in [-0.1, -0.05) is 19.3 Å². The van der Waals surface area contributed by atoms with Gasteiger partial charge in [0.2, 0.25) is 0 Å². The van der Waals surface area contributed by atoms with Crippen LogP contribution < -0.4 is 5.73 Å². The summed E-state index contributed by atoms with van der Waals surface area (Å²) in [5.41, 5.74) is 5.96. The molecule has 0 aromatic rings. The first-order chi connectivity index (χ1) is 6.57. The van der Waals surface area contributed by atoms with Crippen molar-refractivity contribution in [1.29, 1.82) is 0 Å². The van der Waals surface area contributed by atoms with Crippen molar-refractivity contribution < 1.29 is 8.42 Å². The molecule has 2 atom stereocenters. The first kappa shape index (κ1) is 10.4. The summed E-state index contributed by atoms with van der Waals surface area (Å²) in [4.78, 5) is 0. The second-order valence-corrected chi connectivity index (χ2v) is 7.09. The molecule has 1 heterocycles. The van der Waals surface area contributed by atoms with Gasteiger partial charge in [0.1, 0.15) is 0 Å². The Morgan fingerprint density at radius 3 is 2.50 bits per heavy atom. The van der Waals surface area contributed by atoms with Gasteiger partial charge in [0.25, 0.3) is 0 Å². The summed E-state index contributed by atoms with van der Waals surface area (Å²) in [6, 6.07) is 0.124. The third-order valence-electron chi connectivity index (χ3n) is 3.70. The zero-order valence-corrected chi connectivity index (χ0v) is 9.30. The molecule has 2 aliphatic rings. The molecule has 2 fully saturated rings. The molecule has 1 saturated heterocycles. The predicted molar refractivity (Wildman–Crippen MR) is 56.7 cm³/mol. The molecular formula is C10H19NO2S. The molecule has 2 rings (SSSR count). The zero-order valence-electron chi connectivity index (χ0n) is 8.48. The van der Waals surface area contributed by atoms with Crippen molar-refractivity contribution in [2.45, 2.75) is 38.1 Å². The number of rotatable bonds is 2. The standard InChI is InChI=1S/C10H19NO2S/c11-10-4-5-14(12,13)7-9(10)6-8-2-1-3-8/h8-10H,1-7,11H2. The number of sulfone groups is 1. The molecule has 1 aliphatic heterocycles. The Morgan fingerprint density at radius 2 is 1.93 bits per heavy atom. The second-order valence-electron chi connectivity index (χ2n) is 4.86. The van der Waals surface area contributed by atoms with Gasteiger partial charge in [0.05, 0.1) is 11.5 Å². The Balaban J connectivity index is 1.93. The maximum Gasteiger partial charge on any atom is 0.150 e. The average Bonchev–Trinajstić information content (AvgIpc) is 2.03. The van der Waals surface area contributed by atoms with Gasteiger partial charge in [0.15, 0.2) is 9.84 Å². The van der Waals surface area contributed by atoms with E-state index in [9.17, 15) is 8.42 Å². The molecule has 1 aliphatic carbocycles. The van der Waals surface area contributed by atoms with Crippen molar-refractivity contribution in [2.24, 2.45) is 17.6 Å². The molecule has 1 saturated carbocycles. The second kappa shape index (κ2) is 3.81. The normalized spacial score (nSPS) is 37.8. The molecule has 82 valence electrons.